The van der Waals surface area contributed by atoms with Crippen LogP contribution in [0, 0.1) is 5.82 Å². The van der Waals surface area contributed by atoms with Crippen molar-refractivity contribution in [2.75, 3.05) is 31.1 Å². The number of halogens is 1. The van der Waals surface area contributed by atoms with Gasteiger partial charge in [-0.15, -0.1) is 5.10 Å². The van der Waals surface area contributed by atoms with Gasteiger partial charge in [0.05, 0.1) is 40.8 Å². The quantitative estimate of drug-likeness (QED) is 0.306. The molecular formula is C24H19FN8O2. The van der Waals surface area contributed by atoms with E-state index in [4.69, 9.17) is 0 Å². The van der Waals surface area contributed by atoms with Crippen LogP contribution in [0.1, 0.15) is 10.4 Å². The Balaban J connectivity index is 1.23. The summed E-state index contributed by atoms with van der Waals surface area (Å²) in [6.07, 6.45) is 7.29. The number of carbonyl (C=O) groups excluding carboxylic acids is 2. The molecule has 0 bridgehead atoms. The van der Waals surface area contributed by atoms with E-state index < -0.39 is 17.5 Å². The summed E-state index contributed by atoms with van der Waals surface area (Å²) >= 11 is 0. The van der Waals surface area contributed by atoms with Crippen LogP contribution in [0.15, 0.2) is 55.2 Å². The molecule has 1 saturated heterocycles. The number of amides is 1. The molecule has 1 fully saturated rings. The molecular weight excluding hydrogens is 451 g/mol. The van der Waals surface area contributed by atoms with Gasteiger partial charge in [-0.2, -0.15) is 10.2 Å². The largest absolute Gasteiger partial charge is 0.359 e. The van der Waals surface area contributed by atoms with Crippen molar-refractivity contribution in [3.05, 3.63) is 66.6 Å². The maximum atomic E-state index is 14.7. The van der Waals surface area contributed by atoms with Crippen molar-refractivity contribution in [3.63, 3.8) is 0 Å². The molecule has 1 aromatic carbocycles. The van der Waals surface area contributed by atoms with Crippen LogP contribution in [-0.2, 0) is 4.79 Å². The van der Waals surface area contributed by atoms with Gasteiger partial charge in [0.25, 0.3) is 11.7 Å². The minimum Gasteiger partial charge on any atom is -0.359 e. The summed E-state index contributed by atoms with van der Waals surface area (Å²) in [7, 11) is 0. The van der Waals surface area contributed by atoms with Gasteiger partial charge >= 0.3 is 0 Å². The number of benzene rings is 1. The van der Waals surface area contributed by atoms with E-state index in [-0.39, 0.29) is 10.9 Å². The number of nitrogens with zero attached hydrogens (tertiary/aromatic N) is 6. The Morgan fingerprint density at radius 2 is 1.83 bits per heavy atom. The second-order valence-electron chi connectivity index (χ2n) is 8.26. The van der Waals surface area contributed by atoms with E-state index in [1.165, 1.54) is 11.1 Å². The number of rotatable bonds is 4. The maximum Gasteiger partial charge on any atom is 0.295 e. The molecule has 174 valence electrons. The molecule has 2 N–H and O–H groups in total. The van der Waals surface area contributed by atoms with E-state index in [0.717, 1.165) is 22.8 Å². The number of H-pyrrole nitrogens is 2. The van der Waals surface area contributed by atoms with Gasteiger partial charge in [-0.3, -0.25) is 19.7 Å². The first-order chi connectivity index (χ1) is 17.1. The Bertz CT molecular complexity index is 1570. The number of Topliss-reactive ketones (excluding diaryl/α,β-unsaturated/α-hetero) is 1. The van der Waals surface area contributed by atoms with Gasteiger partial charge in [0.15, 0.2) is 11.6 Å². The fourth-order valence-corrected chi connectivity index (χ4v) is 4.51. The van der Waals surface area contributed by atoms with E-state index in [2.05, 4.69) is 35.3 Å². The molecule has 6 rings (SSSR count). The second-order valence-corrected chi connectivity index (χ2v) is 8.26. The number of hydrogen-bond acceptors (Lipinski definition) is 7. The summed E-state index contributed by atoms with van der Waals surface area (Å²) < 4.78 is 14.7. The molecule has 0 radical (unpaired) electrons. The molecule has 0 aliphatic carbocycles. The summed E-state index contributed by atoms with van der Waals surface area (Å²) in [6, 6.07) is 7.84. The molecule has 1 aliphatic heterocycles. The summed E-state index contributed by atoms with van der Waals surface area (Å²) in [4.78, 5) is 36.8. The number of aromatic nitrogens is 6. The Morgan fingerprint density at radius 3 is 2.63 bits per heavy atom. The smallest absolute Gasteiger partial charge is 0.295 e. The SMILES string of the molecule is O=C(C(=O)N1CCN(c2nncc3ccccc23)CC1)c1c[nH]c2c(-c3cn[nH]c3)ncc(F)c12. The van der Waals surface area contributed by atoms with Gasteiger partial charge in [0.2, 0.25) is 0 Å². The van der Waals surface area contributed by atoms with Crippen LogP contribution in [0.25, 0.3) is 32.9 Å². The van der Waals surface area contributed by atoms with Gasteiger partial charge < -0.3 is 14.8 Å². The third-order valence-corrected chi connectivity index (χ3v) is 6.29. The zero-order chi connectivity index (χ0) is 23.9. The lowest BCUT2D eigenvalue weighted by atomic mass is 10.1. The second kappa shape index (κ2) is 8.28. The Hall–Kier alpha value is -4.67. The van der Waals surface area contributed by atoms with Gasteiger partial charge in [-0.05, 0) is 0 Å². The minimum atomic E-state index is -0.766. The first kappa shape index (κ1) is 20.9. The third kappa shape index (κ3) is 3.48. The summed E-state index contributed by atoms with van der Waals surface area (Å²) in [5.41, 5.74) is 1.39. The van der Waals surface area contributed by atoms with Crippen LogP contribution in [0.2, 0.25) is 0 Å². The number of nitrogens with one attached hydrogen (secondary N) is 2. The standard InChI is InChI=1S/C24H19FN8O2/c25-18-13-27-20(15-10-28-29-11-15)21-19(18)17(12-26-21)22(34)24(35)33-7-5-32(6-8-33)23-16-4-2-1-3-14(16)9-30-31-23/h1-4,9-13,26H,5-8H2,(H,28,29). The first-order valence-corrected chi connectivity index (χ1v) is 11.1. The van der Waals surface area contributed by atoms with Crippen molar-refractivity contribution < 1.29 is 14.0 Å². The Morgan fingerprint density at radius 1 is 1.00 bits per heavy atom. The molecule has 0 saturated carbocycles. The van der Waals surface area contributed by atoms with Gasteiger partial charge in [-0.1, -0.05) is 24.3 Å². The number of carbonyl (C=O) groups is 2. The number of pyridine rings is 1. The molecule has 1 amide bonds. The Labute approximate surface area is 197 Å². The van der Waals surface area contributed by atoms with Crippen molar-refractivity contribution in [2.24, 2.45) is 0 Å². The highest BCUT2D eigenvalue weighted by Gasteiger charge is 2.30. The average Bonchev–Trinajstić information content (AvgIpc) is 3.59. The number of aromatic amines is 2. The molecule has 11 heteroatoms. The predicted molar refractivity (Wildman–Crippen MR) is 126 cm³/mol. The number of ketones is 1. The fraction of sp³-hybridized carbons (Fsp3) is 0.167. The van der Waals surface area contributed by atoms with Crippen molar-refractivity contribution >= 4 is 39.2 Å². The van der Waals surface area contributed by atoms with Crippen molar-refractivity contribution in [1.82, 2.24) is 35.3 Å². The molecule has 0 atom stereocenters. The van der Waals surface area contributed by atoms with Crippen LogP contribution in [0.4, 0.5) is 10.2 Å². The van der Waals surface area contributed by atoms with Crippen molar-refractivity contribution in [3.8, 4) is 11.3 Å². The zero-order valence-electron chi connectivity index (χ0n) is 18.4. The van der Waals surface area contributed by atoms with Crippen molar-refractivity contribution in [2.45, 2.75) is 0 Å². The lowest BCUT2D eigenvalue weighted by Crippen LogP contribution is -2.51. The van der Waals surface area contributed by atoms with E-state index in [0.29, 0.717) is 43.0 Å². The Kier molecular flexibility index (Phi) is 4.94. The van der Waals surface area contributed by atoms with Crippen LogP contribution in [0.3, 0.4) is 0 Å². The van der Waals surface area contributed by atoms with E-state index in [1.807, 2.05) is 24.3 Å². The van der Waals surface area contributed by atoms with E-state index in [1.54, 1.807) is 18.6 Å². The molecule has 0 unspecified atom stereocenters. The first-order valence-electron chi connectivity index (χ1n) is 11.1. The lowest BCUT2D eigenvalue weighted by molar-refractivity contribution is -0.126. The highest BCUT2D eigenvalue weighted by atomic mass is 19.1. The lowest BCUT2D eigenvalue weighted by Gasteiger charge is -2.35. The molecule has 1 aliphatic rings. The maximum absolute atomic E-state index is 14.7. The molecule has 4 aromatic heterocycles. The topological polar surface area (TPSA) is 124 Å². The average molecular weight is 470 g/mol. The molecule has 5 aromatic rings. The van der Waals surface area contributed by atoms with Crippen molar-refractivity contribution in [1.29, 1.82) is 0 Å². The van der Waals surface area contributed by atoms with E-state index >= 15 is 0 Å². The predicted octanol–water partition coefficient (Wildman–Crippen LogP) is 2.57. The van der Waals surface area contributed by atoms with Gasteiger partial charge in [0.1, 0.15) is 0 Å². The zero-order valence-corrected chi connectivity index (χ0v) is 18.4. The monoisotopic (exact) mass is 470 g/mol. The third-order valence-electron chi connectivity index (χ3n) is 6.29. The normalized spacial score (nSPS) is 14.1. The summed E-state index contributed by atoms with van der Waals surface area (Å²) in [6.45, 7) is 1.67. The summed E-state index contributed by atoms with van der Waals surface area (Å²) in [5.74, 6) is -1.36. The van der Waals surface area contributed by atoms with Crippen LogP contribution in [-0.4, -0.2) is 73.1 Å². The van der Waals surface area contributed by atoms with Crippen LogP contribution >= 0.6 is 0 Å². The van der Waals surface area contributed by atoms with Crippen LogP contribution in [0.5, 0.6) is 0 Å². The highest BCUT2D eigenvalue weighted by molar-refractivity contribution is 6.45. The number of fused-ring (bicyclic) bond motifs is 2. The van der Waals surface area contributed by atoms with Gasteiger partial charge in [0, 0.05) is 54.9 Å². The molecule has 35 heavy (non-hydrogen) atoms. The molecule has 10 nitrogen and oxygen atoms in total. The minimum absolute atomic E-state index is 0.0167. The number of hydrogen-bond donors (Lipinski definition) is 2. The van der Waals surface area contributed by atoms with Crippen LogP contribution < -0.4 is 4.90 Å². The molecule has 0 spiro atoms. The number of anilines is 1. The van der Waals surface area contributed by atoms with E-state index in [9.17, 15) is 14.0 Å². The highest BCUT2D eigenvalue weighted by Crippen LogP contribution is 2.30. The molecule has 5 heterocycles. The fourth-order valence-electron chi connectivity index (χ4n) is 4.51. The van der Waals surface area contributed by atoms with Gasteiger partial charge in [-0.25, -0.2) is 4.39 Å². The summed E-state index contributed by atoms with van der Waals surface area (Å²) in [5, 5.41) is 17.0. The number of piperazine rings is 1.